The van der Waals surface area contributed by atoms with Crippen molar-refractivity contribution in [3.63, 3.8) is 0 Å². The Morgan fingerprint density at radius 1 is 0.592 bits per heavy atom. The number of carbonyl (C=O) groups excluding carboxylic acids is 2. The Morgan fingerprint density at radius 2 is 1.06 bits per heavy atom. The summed E-state index contributed by atoms with van der Waals surface area (Å²) >= 11 is 0. The van der Waals surface area contributed by atoms with Crippen molar-refractivity contribution in [1.82, 2.24) is 4.90 Å². The molecule has 3 unspecified atom stereocenters. The topological polar surface area (TPSA) is 55.8 Å². The first-order valence-electron chi connectivity index (χ1n) is 21.9. The molecule has 0 spiro atoms. The molecule has 0 bridgehead atoms. The van der Waals surface area contributed by atoms with Gasteiger partial charge in [0, 0.05) is 12.8 Å². The van der Waals surface area contributed by atoms with Crippen LogP contribution in [0.3, 0.4) is 0 Å². The first kappa shape index (κ1) is 45.9. The van der Waals surface area contributed by atoms with Gasteiger partial charge in [0.25, 0.3) is 0 Å². The maximum Gasteiger partial charge on any atom is 0.306 e. The highest BCUT2D eigenvalue weighted by molar-refractivity contribution is 5.70. The van der Waals surface area contributed by atoms with Gasteiger partial charge < -0.3 is 14.4 Å². The van der Waals surface area contributed by atoms with Gasteiger partial charge in [0.1, 0.15) is 6.10 Å². The van der Waals surface area contributed by atoms with Crippen LogP contribution < -0.4 is 0 Å². The van der Waals surface area contributed by atoms with E-state index in [1.807, 2.05) is 14.1 Å². The van der Waals surface area contributed by atoms with Crippen molar-refractivity contribution in [2.45, 2.75) is 226 Å². The van der Waals surface area contributed by atoms with E-state index in [1.165, 1.54) is 154 Å². The molecule has 1 saturated carbocycles. The molecule has 290 valence electrons. The van der Waals surface area contributed by atoms with Gasteiger partial charge in [-0.05, 0) is 76.9 Å². The number of nitrogens with zero attached hydrogens (tertiary/aromatic N) is 1. The molecule has 49 heavy (non-hydrogen) atoms. The smallest absolute Gasteiger partial charge is 0.306 e. The number of esters is 2. The third-order valence-electron chi connectivity index (χ3n) is 11.2. The zero-order chi connectivity index (χ0) is 35.8. The van der Waals surface area contributed by atoms with Crippen LogP contribution in [0.15, 0.2) is 0 Å². The molecule has 0 aromatic rings. The molecule has 5 heteroatoms. The fourth-order valence-electron chi connectivity index (χ4n) is 7.96. The molecule has 0 aromatic carbocycles. The molecule has 0 radical (unpaired) electrons. The van der Waals surface area contributed by atoms with E-state index in [4.69, 9.17) is 9.47 Å². The van der Waals surface area contributed by atoms with E-state index in [-0.39, 0.29) is 29.9 Å². The van der Waals surface area contributed by atoms with Gasteiger partial charge in [-0.25, -0.2) is 0 Å². The predicted octanol–water partition coefficient (Wildman–Crippen LogP) is 13.0. The van der Waals surface area contributed by atoms with Crippen LogP contribution in [0.25, 0.3) is 0 Å². The zero-order valence-electron chi connectivity index (χ0n) is 33.7. The SMILES string of the molecule is CCCCCCCCCCCCC(CCCCCCCCCCCC)COC(=O)CC1CCC(OC(=O)CCCN(C)C)C1CCCCC. The van der Waals surface area contributed by atoms with Crippen molar-refractivity contribution in [1.29, 1.82) is 0 Å². The lowest BCUT2D eigenvalue weighted by molar-refractivity contribution is -0.151. The number of ether oxygens (including phenoxy) is 2. The van der Waals surface area contributed by atoms with E-state index >= 15 is 0 Å². The van der Waals surface area contributed by atoms with Crippen LogP contribution in [0.5, 0.6) is 0 Å². The molecule has 0 heterocycles. The Labute approximate surface area is 306 Å². The molecule has 0 saturated heterocycles. The van der Waals surface area contributed by atoms with Crippen molar-refractivity contribution in [2.24, 2.45) is 17.8 Å². The third kappa shape index (κ3) is 26.4. The second-order valence-electron chi connectivity index (χ2n) is 16.1. The van der Waals surface area contributed by atoms with Crippen molar-refractivity contribution in [3.8, 4) is 0 Å². The minimum atomic E-state index is -0.0719. The molecule has 0 N–H and O–H groups in total. The van der Waals surface area contributed by atoms with E-state index in [0.29, 0.717) is 25.4 Å². The van der Waals surface area contributed by atoms with E-state index < -0.39 is 0 Å². The van der Waals surface area contributed by atoms with Crippen LogP contribution >= 0.6 is 0 Å². The quantitative estimate of drug-likeness (QED) is 0.0489. The molecule has 0 amide bonds. The van der Waals surface area contributed by atoms with E-state index in [2.05, 4.69) is 25.7 Å². The van der Waals surface area contributed by atoms with Gasteiger partial charge in [0.05, 0.1) is 6.61 Å². The number of rotatable bonds is 35. The molecule has 1 aliphatic carbocycles. The first-order valence-corrected chi connectivity index (χ1v) is 21.9. The Morgan fingerprint density at radius 3 is 1.55 bits per heavy atom. The number of hydrogen-bond donors (Lipinski definition) is 0. The fourth-order valence-corrected chi connectivity index (χ4v) is 7.96. The summed E-state index contributed by atoms with van der Waals surface area (Å²) in [5, 5.41) is 0. The van der Waals surface area contributed by atoms with E-state index in [1.54, 1.807) is 0 Å². The maximum atomic E-state index is 13.3. The average molecular weight is 692 g/mol. The van der Waals surface area contributed by atoms with Crippen molar-refractivity contribution < 1.29 is 19.1 Å². The second kappa shape index (κ2) is 32.8. The molecule has 0 aliphatic heterocycles. The van der Waals surface area contributed by atoms with Crippen LogP contribution in [0.4, 0.5) is 0 Å². The van der Waals surface area contributed by atoms with Crippen LogP contribution in [0.1, 0.15) is 220 Å². The summed E-state index contributed by atoms with van der Waals surface area (Å²) in [4.78, 5) is 28.0. The average Bonchev–Trinajstić information content (AvgIpc) is 3.44. The Balaban J connectivity index is 2.53. The minimum absolute atomic E-state index is 0.0282. The summed E-state index contributed by atoms with van der Waals surface area (Å²) in [6.45, 7) is 8.29. The standard InChI is InChI=1S/C44H85NO4/c1-6-9-12-14-16-18-20-22-24-27-30-39(31-28-25-23-21-19-17-15-13-10-7-2)38-48-44(47)37-40-34-35-42(41(40)32-26-11-8-3)49-43(46)33-29-36-45(4)5/h39-42H,6-38H2,1-5H3. The lowest BCUT2D eigenvalue weighted by atomic mass is 9.87. The summed E-state index contributed by atoms with van der Waals surface area (Å²) < 4.78 is 12.1. The largest absolute Gasteiger partial charge is 0.465 e. The molecule has 1 aliphatic rings. The van der Waals surface area contributed by atoms with Crippen LogP contribution in [-0.2, 0) is 19.1 Å². The molecule has 3 atom stereocenters. The maximum absolute atomic E-state index is 13.3. The number of unbranched alkanes of at least 4 members (excludes halogenated alkanes) is 20. The fraction of sp³-hybridized carbons (Fsp3) is 0.955. The highest BCUT2D eigenvalue weighted by Gasteiger charge is 2.39. The second-order valence-corrected chi connectivity index (χ2v) is 16.1. The highest BCUT2D eigenvalue weighted by atomic mass is 16.5. The van der Waals surface area contributed by atoms with Gasteiger partial charge in [-0.3, -0.25) is 9.59 Å². The summed E-state index contributed by atoms with van der Waals surface area (Å²) in [6.07, 6.45) is 37.7. The summed E-state index contributed by atoms with van der Waals surface area (Å²) in [7, 11) is 4.07. The number of carbonyl (C=O) groups is 2. The monoisotopic (exact) mass is 692 g/mol. The lowest BCUT2D eigenvalue weighted by Gasteiger charge is -2.25. The van der Waals surface area contributed by atoms with Crippen molar-refractivity contribution >= 4 is 11.9 Å². The highest BCUT2D eigenvalue weighted by Crippen LogP contribution is 2.40. The number of hydrogen-bond acceptors (Lipinski definition) is 5. The Hall–Kier alpha value is -1.10. The Kier molecular flexibility index (Phi) is 30.7. The summed E-state index contributed by atoms with van der Waals surface area (Å²) in [5.74, 6) is 0.945. The molecular weight excluding hydrogens is 606 g/mol. The summed E-state index contributed by atoms with van der Waals surface area (Å²) in [6, 6.07) is 0. The van der Waals surface area contributed by atoms with Crippen LogP contribution in [-0.4, -0.2) is 50.2 Å². The minimum Gasteiger partial charge on any atom is -0.465 e. The molecule has 1 rings (SSSR count). The lowest BCUT2D eigenvalue weighted by Crippen LogP contribution is -2.27. The molecular formula is C44H85NO4. The van der Waals surface area contributed by atoms with E-state index in [9.17, 15) is 9.59 Å². The van der Waals surface area contributed by atoms with Gasteiger partial charge in [-0.2, -0.15) is 0 Å². The van der Waals surface area contributed by atoms with Crippen molar-refractivity contribution in [3.05, 3.63) is 0 Å². The third-order valence-corrected chi connectivity index (χ3v) is 11.2. The van der Waals surface area contributed by atoms with E-state index in [0.717, 1.165) is 38.6 Å². The Bertz CT molecular complexity index is 731. The molecule has 5 nitrogen and oxygen atoms in total. The summed E-state index contributed by atoms with van der Waals surface area (Å²) in [5.41, 5.74) is 0. The zero-order valence-corrected chi connectivity index (χ0v) is 33.7. The van der Waals surface area contributed by atoms with Gasteiger partial charge in [-0.15, -0.1) is 0 Å². The van der Waals surface area contributed by atoms with Gasteiger partial charge in [-0.1, -0.05) is 168 Å². The van der Waals surface area contributed by atoms with Crippen LogP contribution in [0, 0.1) is 17.8 Å². The predicted molar refractivity (Wildman–Crippen MR) is 210 cm³/mol. The van der Waals surface area contributed by atoms with Crippen LogP contribution in [0.2, 0.25) is 0 Å². The van der Waals surface area contributed by atoms with Gasteiger partial charge >= 0.3 is 11.9 Å². The van der Waals surface area contributed by atoms with Gasteiger partial charge in [0.2, 0.25) is 0 Å². The molecule has 1 fully saturated rings. The first-order chi connectivity index (χ1) is 23.9. The molecule has 0 aromatic heterocycles. The van der Waals surface area contributed by atoms with Crippen molar-refractivity contribution in [2.75, 3.05) is 27.2 Å². The normalized spacial score (nSPS) is 17.7. The van der Waals surface area contributed by atoms with Gasteiger partial charge in [0.15, 0.2) is 0 Å².